The molecule has 1 aromatic heterocycles. The lowest BCUT2D eigenvalue weighted by atomic mass is 10.1. The van der Waals surface area contributed by atoms with Crippen molar-refractivity contribution in [3.05, 3.63) is 51.7 Å². The third-order valence-corrected chi connectivity index (χ3v) is 3.54. The molecule has 2 rings (SSSR count). The van der Waals surface area contributed by atoms with Crippen LogP contribution in [0.15, 0.2) is 29.0 Å². The third-order valence-electron chi connectivity index (χ3n) is 2.81. The molecule has 0 saturated carbocycles. The van der Waals surface area contributed by atoms with Gasteiger partial charge in [0.1, 0.15) is 5.82 Å². The summed E-state index contributed by atoms with van der Waals surface area (Å²) in [4.78, 5) is 11.9. The highest BCUT2D eigenvalue weighted by atomic mass is 32.1. The van der Waals surface area contributed by atoms with Gasteiger partial charge in [0.25, 0.3) is 5.91 Å². The monoisotopic (exact) mass is 296 g/mol. The number of thiophene rings is 1. The van der Waals surface area contributed by atoms with Gasteiger partial charge in [-0.1, -0.05) is 0 Å². The van der Waals surface area contributed by atoms with Gasteiger partial charge in [-0.15, -0.1) is 0 Å². The molecule has 3 nitrogen and oxygen atoms in total. The van der Waals surface area contributed by atoms with E-state index in [1.165, 1.54) is 0 Å². The molecule has 1 unspecified atom stereocenters. The molecule has 0 aliphatic heterocycles. The molecule has 0 radical (unpaired) electrons. The molecule has 0 aliphatic rings. The molecule has 20 heavy (non-hydrogen) atoms. The van der Waals surface area contributed by atoms with Crippen LogP contribution in [0.2, 0.25) is 0 Å². The molecule has 106 valence electrons. The Morgan fingerprint density at radius 1 is 1.45 bits per heavy atom. The van der Waals surface area contributed by atoms with Crippen LogP contribution < -0.4 is 11.1 Å². The molecule has 0 aliphatic carbocycles. The van der Waals surface area contributed by atoms with Crippen LogP contribution in [-0.2, 0) is 6.42 Å². The van der Waals surface area contributed by atoms with Gasteiger partial charge in [-0.25, -0.2) is 8.78 Å². The molecular weight excluding hydrogens is 282 g/mol. The highest BCUT2D eigenvalue weighted by Gasteiger charge is 2.17. The largest absolute Gasteiger partial charge is 0.396 e. The van der Waals surface area contributed by atoms with Crippen LogP contribution in [0.4, 0.5) is 14.5 Å². The van der Waals surface area contributed by atoms with Gasteiger partial charge in [-0.2, -0.15) is 11.3 Å². The Labute approximate surface area is 119 Å². The summed E-state index contributed by atoms with van der Waals surface area (Å²) < 4.78 is 26.9. The zero-order valence-electron chi connectivity index (χ0n) is 10.8. The van der Waals surface area contributed by atoms with Crippen molar-refractivity contribution >= 4 is 22.9 Å². The second-order valence-electron chi connectivity index (χ2n) is 4.57. The van der Waals surface area contributed by atoms with Gasteiger partial charge in [-0.3, -0.25) is 4.79 Å². The lowest BCUT2D eigenvalue weighted by Gasteiger charge is -2.14. The van der Waals surface area contributed by atoms with E-state index in [2.05, 4.69) is 5.32 Å². The number of anilines is 1. The van der Waals surface area contributed by atoms with E-state index in [-0.39, 0.29) is 17.3 Å². The minimum absolute atomic E-state index is 0.194. The molecule has 0 saturated heterocycles. The predicted molar refractivity (Wildman–Crippen MR) is 75.7 cm³/mol. The predicted octanol–water partition coefficient (Wildman–Crippen LogP) is 2.97. The lowest BCUT2D eigenvalue weighted by Crippen LogP contribution is -2.34. The first kappa shape index (κ1) is 14.5. The van der Waals surface area contributed by atoms with Crippen LogP contribution in [0.1, 0.15) is 22.8 Å². The number of nitrogens with one attached hydrogen (secondary N) is 1. The number of rotatable bonds is 4. The van der Waals surface area contributed by atoms with E-state index in [1.54, 1.807) is 18.3 Å². The second-order valence-corrected chi connectivity index (χ2v) is 5.35. The van der Waals surface area contributed by atoms with Crippen molar-refractivity contribution in [1.82, 2.24) is 5.32 Å². The number of halogens is 2. The second kappa shape index (κ2) is 6.00. The van der Waals surface area contributed by atoms with Gasteiger partial charge in [0.15, 0.2) is 5.82 Å². The fourth-order valence-corrected chi connectivity index (χ4v) is 2.57. The minimum atomic E-state index is -0.897. The summed E-state index contributed by atoms with van der Waals surface area (Å²) in [7, 11) is 0. The zero-order valence-corrected chi connectivity index (χ0v) is 11.6. The summed E-state index contributed by atoms with van der Waals surface area (Å²) in [5, 5.41) is 6.55. The number of benzene rings is 1. The Hall–Kier alpha value is -1.95. The van der Waals surface area contributed by atoms with E-state index in [0.29, 0.717) is 6.42 Å². The standard InChI is InChI=1S/C14H14F2N2OS/c1-8(4-9-2-3-20-7-9)18-14(19)11-5-10(15)6-12(17)13(11)16/h2-3,5-8H,4,17H2,1H3,(H,18,19). The maximum Gasteiger partial charge on any atom is 0.254 e. The van der Waals surface area contributed by atoms with E-state index < -0.39 is 17.5 Å². The van der Waals surface area contributed by atoms with Crippen molar-refractivity contribution in [2.45, 2.75) is 19.4 Å². The summed E-state index contributed by atoms with van der Waals surface area (Å²) in [5.74, 6) is -2.30. The normalized spacial score (nSPS) is 12.2. The van der Waals surface area contributed by atoms with Gasteiger partial charge >= 0.3 is 0 Å². The fraction of sp³-hybridized carbons (Fsp3) is 0.214. The average molecular weight is 296 g/mol. The Morgan fingerprint density at radius 2 is 2.20 bits per heavy atom. The van der Waals surface area contributed by atoms with Crippen molar-refractivity contribution in [3.63, 3.8) is 0 Å². The first-order valence-corrected chi connectivity index (χ1v) is 6.98. The van der Waals surface area contributed by atoms with E-state index >= 15 is 0 Å². The molecule has 1 amide bonds. The maximum absolute atomic E-state index is 13.7. The van der Waals surface area contributed by atoms with Crippen molar-refractivity contribution in [2.24, 2.45) is 0 Å². The van der Waals surface area contributed by atoms with Crippen LogP contribution >= 0.6 is 11.3 Å². The van der Waals surface area contributed by atoms with E-state index in [1.807, 2.05) is 16.8 Å². The van der Waals surface area contributed by atoms with Crippen LogP contribution in [-0.4, -0.2) is 11.9 Å². The van der Waals surface area contributed by atoms with Gasteiger partial charge in [0.2, 0.25) is 0 Å². The van der Waals surface area contributed by atoms with Gasteiger partial charge in [-0.05, 0) is 47.9 Å². The summed E-state index contributed by atoms with van der Waals surface area (Å²) >= 11 is 1.56. The van der Waals surface area contributed by atoms with Crippen LogP contribution in [0.5, 0.6) is 0 Å². The zero-order chi connectivity index (χ0) is 14.7. The van der Waals surface area contributed by atoms with Crippen molar-refractivity contribution in [1.29, 1.82) is 0 Å². The smallest absolute Gasteiger partial charge is 0.254 e. The number of hydrogen-bond donors (Lipinski definition) is 2. The SMILES string of the molecule is CC(Cc1ccsc1)NC(=O)c1cc(F)cc(N)c1F. The van der Waals surface area contributed by atoms with Crippen LogP contribution in [0, 0.1) is 11.6 Å². The summed E-state index contributed by atoms with van der Waals surface area (Å²) in [6.07, 6.45) is 0.627. The third kappa shape index (κ3) is 3.33. The summed E-state index contributed by atoms with van der Waals surface area (Å²) in [6.45, 7) is 1.80. The number of nitrogens with two attached hydrogens (primary N) is 1. The average Bonchev–Trinajstić information content (AvgIpc) is 2.86. The van der Waals surface area contributed by atoms with Gasteiger partial charge in [0, 0.05) is 6.04 Å². The number of amides is 1. The first-order valence-electron chi connectivity index (χ1n) is 6.04. The van der Waals surface area contributed by atoms with Gasteiger partial charge < -0.3 is 11.1 Å². The van der Waals surface area contributed by atoms with Crippen molar-refractivity contribution in [2.75, 3.05) is 5.73 Å². The first-order chi connectivity index (χ1) is 9.47. The van der Waals surface area contributed by atoms with Crippen molar-refractivity contribution < 1.29 is 13.6 Å². The topological polar surface area (TPSA) is 55.1 Å². The maximum atomic E-state index is 13.7. The molecule has 0 bridgehead atoms. The summed E-state index contributed by atoms with van der Waals surface area (Å²) in [6, 6.07) is 3.45. The number of carbonyl (C=O) groups excluding carboxylic acids is 1. The Kier molecular flexibility index (Phi) is 4.34. The molecule has 1 heterocycles. The highest BCUT2D eigenvalue weighted by molar-refractivity contribution is 7.07. The fourth-order valence-electron chi connectivity index (χ4n) is 1.89. The molecule has 1 aromatic carbocycles. The minimum Gasteiger partial charge on any atom is -0.396 e. The number of carbonyl (C=O) groups is 1. The number of hydrogen-bond acceptors (Lipinski definition) is 3. The quantitative estimate of drug-likeness (QED) is 0.852. The Morgan fingerprint density at radius 3 is 2.85 bits per heavy atom. The highest BCUT2D eigenvalue weighted by Crippen LogP contribution is 2.17. The lowest BCUT2D eigenvalue weighted by molar-refractivity contribution is 0.0935. The Balaban J connectivity index is 2.08. The molecule has 1 atom stereocenters. The molecule has 0 fully saturated rings. The van der Waals surface area contributed by atoms with E-state index in [4.69, 9.17) is 5.73 Å². The van der Waals surface area contributed by atoms with Gasteiger partial charge in [0.05, 0.1) is 11.3 Å². The molecule has 2 aromatic rings. The molecule has 3 N–H and O–H groups in total. The van der Waals surface area contributed by atoms with Crippen LogP contribution in [0.3, 0.4) is 0 Å². The van der Waals surface area contributed by atoms with E-state index in [9.17, 15) is 13.6 Å². The van der Waals surface area contributed by atoms with Crippen LogP contribution in [0.25, 0.3) is 0 Å². The molecule has 0 spiro atoms. The van der Waals surface area contributed by atoms with Crippen molar-refractivity contribution in [3.8, 4) is 0 Å². The number of nitrogen functional groups attached to an aromatic ring is 1. The molecular formula is C14H14F2N2OS. The molecule has 6 heteroatoms. The van der Waals surface area contributed by atoms with E-state index in [0.717, 1.165) is 17.7 Å². The Bertz CT molecular complexity index is 614. The summed E-state index contributed by atoms with van der Waals surface area (Å²) in [5.41, 5.74) is 5.64.